The fourth-order valence-electron chi connectivity index (χ4n) is 2.68. The Morgan fingerprint density at radius 2 is 1.64 bits per heavy atom. The predicted molar refractivity (Wildman–Crippen MR) is 103 cm³/mol. The van der Waals surface area contributed by atoms with Crippen molar-refractivity contribution in [2.75, 3.05) is 25.7 Å². The molecule has 0 bridgehead atoms. The number of anilines is 1. The van der Waals surface area contributed by atoms with E-state index in [9.17, 15) is 9.59 Å². The van der Waals surface area contributed by atoms with Crippen molar-refractivity contribution in [1.29, 1.82) is 5.26 Å². The first-order valence-corrected chi connectivity index (χ1v) is 8.68. The number of hydrogen-bond donors (Lipinski definition) is 0. The Balaban J connectivity index is 2.23. The van der Waals surface area contributed by atoms with Crippen LogP contribution in [0.3, 0.4) is 0 Å². The molecule has 1 atom stereocenters. The summed E-state index contributed by atoms with van der Waals surface area (Å²) in [5.41, 5.74) is 0.732. The minimum absolute atomic E-state index is 0.107. The molecule has 0 N–H and O–H groups in total. The third-order valence-electron chi connectivity index (χ3n) is 4.04. The van der Waals surface area contributed by atoms with Crippen LogP contribution >= 0.6 is 0 Å². The second-order valence-corrected chi connectivity index (χ2v) is 5.82. The van der Waals surface area contributed by atoms with Gasteiger partial charge in [0.2, 0.25) is 0 Å². The highest BCUT2D eigenvalue weighted by molar-refractivity contribution is 6.00. The highest BCUT2D eigenvalue weighted by Gasteiger charge is 2.28. The van der Waals surface area contributed by atoms with Gasteiger partial charge in [-0.25, -0.2) is 4.79 Å². The van der Waals surface area contributed by atoms with Crippen molar-refractivity contribution in [1.82, 2.24) is 0 Å². The molecule has 0 saturated carbocycles. The van der Waals surface area contributed by atoms with Crippen LogP contribution in [0.2, 0.25) is 0 Å². The van der Waals surface area contributed by atoms with Crippen LogP contribution < -0.4 is 14.4 Å². The molecule has 0 aromatic heterocycles. The third-order valence-corrected chi connectivity index (χ3v) is 4.04. The maximum atomic E-state index is 12.9. The second-order valence-electron chi connectivity index (χ2n) is 5.82. The number of nitriles is 1. The Labute approximate surface area is 164 Å². The van der Waals surface area contributed by atoms with Crippen LogP contribution in [0.4, 0.5) is 5.69 Å². The van der Waals surface area contributed by atoms with Gasteiger partial charge in [-0.3, -0.25) is 4.79 Å². The van der Waals surface area contributed by atoms with Gasteiger partial charge in [0.15, 0.2) is 6.10 Å². The molecule has 0 aliphatic heterocycles. The van der Waals surface area contributed by atoms with Crippen LogP contribution in [0.1, 0.15) is 23.7 Å². The summed E-state index contributed by atoms with van der Waals surface area (Å²) in [5, 5.41) is 8.89. The first kappa shape index (κ1) is 20.8. The van der Waals surface area contributed by atoms with E-state index in [0.29, 0.717) is 5.69 Å². The molecule has 0 saturated heterocycles. The summed E-state index contributed by atoms with van der Waals surface area (Å²) in [6.45, 7) is 1.68. The van der Waals surface area contributed by atoms with Crippen molar-refractivity contribution in [2.24, 2.45) is 0 Å². The van der Waals surface area contributed by atoms with E-state index in [-0.39, 0.29) is 30.0 Å². The Kier molecular flexibility index (Phi) is 7.40. The van der Waals surface area contributed by atoms with Crippen molar-refractivity contribution in [2.45, 2.75) is 19.4 Å². The van der Waals surface area contributed by atoms with Crippen LogP contribution in [-0.2, 0) is 9.53 Å². The van der Waals surface area contributed by atoms with Gasteiger partial charge in [0.25, 0.3) is 5.91 Å². The van der Waals surface area contributed by atoms with Crippen molar-refractivity contribution in [3.8, 4) is 17.6 Å². The van der Waals surface area contributed by atoms with Crippen LogP contribution in [0.25, 0.3) is 0 Å². The Morgan fingerprint density at radius 3 is 2.18 bits per heavy atom. The maximum absolute atomic E-state index is 12.9. The van der Waals surface area contributed by atoms with Gasteiger partial charge in [0, 0.05) is 12.2 Å². The van der Waals surface area contributed by atoms with Gasteiger partial charge >= 0.3 is 5.97 Å². The smallest absolute Gasteiger partial charge is 0.346 e. The summed E-state index contributed by atoms with van der Waals surface area (Å²) in [6.07, 6.45) is -0.914. The number of ether oxygens (including phenoxy) is 3. The molecule has 0 spiro atoms. The van der Waals surface area contributed by atoms with Gasteiger partial charge < -0.3 is 19.1 Å². The number of rotatable bonds is 8. The Hall–Kier alpha value is -3.53. The highest BCUT2D eigenvalue weighted by atomic mass is 16.6. The molecular formula is C21H22N2O5. The summed E-state index contributed by atoms with van der Waals surface area (Å²) in [5.74, 6) is -0.589. The van der Waals surface area contributed by atoms with E-state index >= 15 is 0 Å². The summed E-state index contributed by atoms with van der Waals surface area (Å²) < 4.78 is 15.8. The van der Waals surface area contributed by atoms with E-state index in [1.807, 2.05) is 12.1 Å². The second kappa shape index (κ2) is 9.97. The topological polar surface area (TPSA) is 88.9 Å². The molecule has 28 heavy (non-hydrogen) atoms. The number of methoxy groups -OCH3 is 2. The molecule has 1 unspecified atom stereocenters. The summed E-state index contributed by atoms with van der Waals surface area (Å²) in [6, 6.07) is 15.8. The Bertz CT molecular complexity index is 839. The fraction of sp³-hybridized carbons (Fsp3) is 0.286. The van der Waals surface area contributed by atoms with E-state index in [1.54, 1.807) is 42.5 Å². The van der Waals surface area contributed by atoms with Gasteiger partial charge in [-0.2, -0.15) is 5.26 Å². The molecule has 0 radical (unpaired) electrons. The SMILES string of the molecule is COc1cccc(OC)c1C(=O)OC(C)C(=O)N(CCC#N)c1ccccc1. The number of hydrogen-bond acceptors (Lipinski definition) is 6. The molecule has 0 aliphatic carbocycles. The molecule has 2 aromatic rings. The molecule has 0 heterocycles. The summed E-state index contributed by atoms with van der Waals surface area (Å²) >= 11 is 0. The fourth-order valence-corrected chi connectivity index (χ4v) is 2.68. The van der Waals surface area contributed by atoms with Crippen LogP contribution in [0.5, 0.6) is 11.5 Å². The highest BCUT2D eigenvalue weighted by Crippen LogP contribution is 2.29. The largest absolute Gasteiger partial charge is 0.496 e. The summed E-state index contributed by atoms with van der Waals surface area (Å²) in [7, 11) is 2.86. The average Bonchev–Trinajstić information content (AvgIpc) is 2.73. The zero-order chi connectivity index (χ0) is 20.5. The van der Waals surface area contributed by atoms with E-state index in [2.05, 4.69) is 0 Å². The monoisotopic (exact) mass is 382 g/mol. The first-order valence-electron chi connectivity index (χ1n) is 8.68. The lowest BCUT2D eigenvalue weighted by Gasteiger charge is -2.25. The number of carbonyl (C=O) groups is 2. The summed E-state index contributed by atoms with van der Waals surface area (Å²) in [4.78, 5) is 27.0. The molecule has 7 nitrogen and oxygen atoms in total. The number of esters is 1. The van der Waals surface area contributed by atoms with E-state index in [1.165, 1.54) is 26.0 Å². The standard InChI is InChI=1S/C21H22N2O5/c1-15(20(24)23(14-8-13-22)16-9-5-4-6-10-16)28-21(25)19-17(26-2)11-7-12-18(19)27-3/h4-7,9-12,15H,8,14H2,1-3H3. The lowest BCUT2D eigenvalue weighted by molar-refractivity contribution is -0.126. The average molecular weight is 382 g/mol. The minimum Gasteiger partial charge on any atom is -0.496 e. The van der Waals surface area contributed by atoms with Crippen LogP contribution in [0.15, 0.2) is 48.5 Å². The maximum Gasteiger partial charge on any atom is 0.346 e. The first-order chi connectivity index (χ1) is 13.5. The lowest BCUT2D eigenvalue weighted by atomic mass is 10.1. The quantitative estimate of drug-likeness (QED) is 0.652. The van der Waals surface area contributed by atoms with Gasteiger partial charge in [0.05, 0.1) is 26.7 Å². The van der Waals surface area contributed by atoms with E-state index < -0.39 is 18.0 Å². The molecular weight excluding hydrogens is 360 g/mol. The lowest BCUT2D eigenvalue weighted by Crippen LogP contribution is -2.40. The molecule has 0 fully saturated rings. The van der Waals surface area contributed by atoms with Gasteiger partial charge in [-0.15, -0.1) is 0 Å². The predicted octanol–water partition coefficient (Wildman–Crippen LogP) is 3.20. The zero-order valence-corrected chi connectivity index (χ0v) is 16.0. The van der Waals surface area contributed by atoms with Crippen molar-refractivity contribution >= 4 is 17.6 Å². The number of nitrogens with zero attached hydrogens (tertiary/aromatic N) is 2. The van der Waals surface area contributed by atoms with Crippen molar-refractivity contribution in [3.63, 3.8) is 0 Å². The third kappa shape index (κ3) is 4.80. The Morgan fingerprint density at radius 1 is 1.04 bits per heavy atom. The van der Waals surface area contributed by atoms with Gasteiger partial charge in [-0.1, -0.05) is 24.3 Å². The molecule has 146 valence electrons. The van der Waals surface area contributed by atoms with Gasteiger partial charge in [0.1, 0.15) is 17.1 Å². The van der Waals surface area contributed by atoms with Gasteiger partial charge in [-0.05, 0) is 31.2 Å². The minimum atomic E-state index is -1.07. The van der Waals surface area contributed by atoms with E-state index in [4.69, 9.17) is 19.5 Å². The molecule has 2 rings (SSSR count). The number of para-hydroxylation sites is 1. The normalized spacial score (nSPS) is 11.1. The van der Waals surface area contributed by atoms with Crippen LogP contribution in [-0.4, -0.2) is 38.7 Å². The van der Waals surface area contributed by atoms with Crippen LogP contribution in [0, 0.1) is 11.3 Å². The number of carbonyl (C=O) groups excluding carboxylic acids is 2. The molecule has 1 amide bonds. The molecule has 2 aromatic carbocycles. The van der Waals surface area contributed by atoms with Crippen molar-refractivity contribution < 1.29 is 23.8 Å². The number of benzene rings is 2. The molecule has 7 heteroatoms. The zero-order valence-electron chi connectivity index (χ0n) is 16.0. The molecule has 0 aliphatic rings. The number of amides is 1. The van der Waals surface area contributed by atoms with E-state index in [0.717, 1.165) is 0 Å². The van der Waals surface area contributed by atoms with Crippen molar-refractivity contribution in [3.05, 3.63) is 54.1 Å².